The van der Waals surface area contributed by atoms with Gasteiger partial charge in [0.25, 0.3) is 0 Å². The molecule has 0 aromatic heterocycles. The summed E-state index contributed by atoms with van der Waals surface area (Å²) in [5.74, 6) is 0.971. The fraction of sp³-hybridized carbons (Fsp3) is 0.647. The van der Waals surface area contributed by atoms with Crippen LogP contribution in [0.25, 0.3) is 0 Å². The van der Waals surface area contributed by atoms with Crippen LogP contribution in [0.4, 0.5) is 0 Å². The van der Waals surface area contributed by atoms with E-state index in [4.69, 9.17) is 8.85 Å². The second-order valence-electron chi connectivity index (χ2n) is 7.50. The van der Waals surface area contributed by atoms with E-state index in [1.54, 1.807) is 0 Å². The van der Waals surface area contributed by atoms with Crippen molar-refractivity contribution in [1.29, 1.82) is 0 Å². The van der Waals surface area contributed by atoms with Crippen LogP contribution in [0.1, 0.15) is 32.8 Å². The monoisotopic (exact) mass is 323 g/mol. The topological polar surface area (TPSA) is 18.5 Å². The summed E-state index contributed by atoms with van der Waals surface area (Å²) in [5, 5.41) is 0. The van der Waals surface area contributed by atoms with E-state index in [-0.39, 0.29) is 5.41 Å². The minimum absolute atomic E-state index is 0.200. The van der Waals surface area contributed by atoms with Crippen LogP contribution in [-0.4, -0.2) is 24.0 Å². The molecule has 0 amide bonds. The predicted octanol–water partition coefficient (Wildman–Crippen LogP) is 5.23. The normalized spacial score (nSPS) is 12.8. The van der Waals surface area contributed by atoms with E-state index in [9.17, 15) is 0 Å². The van der Waals surface area contributed by atoms with Crippen LogP contribution in [0.15, 0.2) is 24.3 Å². The van der Waals surface area contributed by atoms with Crippen LogP contribution < -0.4 is 4.74 Å². The second-order valence-corrected chi connectivity index (χ2v) is 14.1. The van der Waals surface area contributed by atoms with Gasteiger partial charge >= 0.3 is 0 Å². The van der Waals surface area contributed by atoms with Crippen LogP contribution in [-0.2, 0) is 9.53 Å². The van der Waals surface area contributed by atoms with E-state index in [2.05, 4.69) is 71.2 Å². The summed E-state index contributed by atoms with van der Waals surface area (Å²) in [6.45, 7) is 16.5. The molecule has 0 fully saturated rings. The van der Waals surface area contributed by atoms with Crippen molar-refractivity contribution in [3.8, 4) is 5.75 Å². The molecule has 0 atom stereocenters. The van der Waals surface area contributed by atoms with Crippen molar-refractivity contribution in [3.63, 3.8) is 0 Å². The molecule has 4 heteroatoms. The van der Waals surface area contributed by atoms with Crippen molar-refractivity contribution < 1.29 is 8.85 Å². The van der Waals surface area contributed by atoms with Gasteiger partial charge in [0, 0.05) is 0 Å². The van der Waals surface area contributed by atoms with Gasteiger partial charge in [-0.15, -0.1) is 0 Å². The Morgan fingerprint density at radius 1 is 1.05 bits per heavy atom. The molecular weight excluding hydrogens is 292 g/mol. The zero-order valence-corrected chi connectivity index (χ0v) is 16.7. The van der Waals surface area contributed by atoms with Crippen LogP contribution in [0.3, 0.4) is 0 Å². The fourth-order valence-electron chi connectivity index (χ4n) is 2.34. The third-order valence-electron chi connectivity index (χ3n) is 3.39. The lowest BCUT2D eigenvalue weighted by Gasteiger charge is -2.25. The summed E-state index contributed by atoms with van der Waals surface area (Å²) in [5.41, 5.74) is 1.54. The van der Waals surface area contributed by atoms with E-state index >= 15 is 0 Å². The molecule has 1 aromatic carbocycles. The van der Waals surface area contributed by atoms with Gasteiger partial charge in [0.05, 0.1) is 6.61 Å². The maximum absolute atomic E-state index is 6.13. The molecule has 0 N–H and O–H groups in total. The molecule has 0 heterocycles. The molecule has 119 valence electrons. The zero-order valence-electron chi connectivity index (χ0n) is 14.7. The van der Waals surface area contributed by atoms with Gasteiger partial charge in [-0.3, -0.25) is 0 Å². The van der Waals surface area contributed by atoms with Gasteiger partial charge in [0.15, 0.2) is 17.4 Å². The van der Waals surface area contributed by atoms with Crippen molar-refractivity contribution in [2.45, 2.75) is 64.8 Å². The molecule has 0 bridgehead atoms. The standard InChI is InChI=1S/C17H31O2Si2/c1-17(2,3)15-9-11-16(12-10-15)18-13-8-14-21(6,7)19-20(4)5/h9-12H,8,13-14H2,1-7H3. The highest BCUT2D eigenvalue weighted by Crippen LogP contribution is 2.24. The quantitative estimate of drug-likeness (QED) is 0.505. The fourth-order valence-corrected chi connectivity index (χ4v) is 8.17. The van der Waals surface area contributed by atoms with Gasteiger partial charge in [-0.2, -0.15) is 0 Å². The Bertz CT molecular complexity index is 419. The Morgan fingerprint density at radius 3 is 2.10 bits per heavy atom. The summed E-state index contributed by atoms with van der Waals surface area (Å²) in [6.07, 6.45) is 1.08. The van der Waals surface area contributed by atoms with Crippen LogP contribution in [0.2, 0.25) is 32.2 Å². The summed E-state index contributed by atoms with van der Waals surface area (Å²) < 4.78 is 12.0. The lowest BCUT2D eigenvalue weighted by molar-refractivity contribution is 0.314. The van der Waals surface area contributed by atoms with E-state index in [1.807, 2.05) is 0 Å². The van der Waals surface area contributed by atoms with Gasteiger partial charge in [-0.05, 0) is 61.8 Å². The average Bonchev–Trinajstić information content (AvgIpc) is 2.32. The van der Waals surface area contributed by atoms with Gasteiger partial charge < -0.3 is 8.85 Å². The van der Waals surface area contributed by atoms with E-state index in [1.165, 1.54) is 11.6 Å². The number of hydrogen-bond donors (Lipinski definition) is 0. The van der Waals surface area contributed by atoms with Crippen molar-refractivity contribution in [3.05, 3.63) is 29.8 Å². The van der Waals surface area contributed by atoms with E-state index in [0.717, 1.165) is 18.8 Å². The Kier molecular flexibility index (Phi) is 6.69. The maximum atomic E-state index is 6.13. The molecule has 0 aliphatic rings. The van der Waals surface area contributed by atoms with Crippen LogP contribution >= 0.6 is 0 Å². The van der Waals surface area contributed by atoms with Crippen molar-refractivity contribution in [1.82, 2.24) is 0 Å². The zero-order chi connectivity index (χ0) is 16.1. The lowest BCUT2D eigenvalue weighted by Crippen LogP contribution is -2.35. The van der Waals surface area contributed by atoms with Crippen LogP contribution in [0.5, 0.6) is 5.75 Å². The minimum Gasteiger partial charge on any atom is -0.494 e. The first kappa shape index (κ1) is 18.5. The molecule has 0 spiro atoms. The molecular formula is C17H31O2Si2. The number of ether oxygens (including phenoxy) is 1. The molecule has 1 rings (SSSR count). The van der Waals surface area contributed by atoms with Crippen molar-refractivity contribution >= 4 is 17.4 Å². The summed E-state index contributed by atoms with van der Waals surface area (Å²) in [4.78, 5) is 0. The largest absolute Gasteiger partial charge is 0.494 e. The molecule has 0 saturated heterocycles. The molecule has 0 aliphatic carbocycles. The molecule has 21 heavy (non-hydrogen) atoms. The first-order valence-corrected chi connectivity index (χ1v) is 13.3. The SMILES string of the molecule is C[Si](C)O[Si](C)(C)CCCOc1ccc(C(C)(C)C)cc1. The van der Waals surface area contributed by atoms with Gasteiger partial charge in [0.2, 0.25) is 0 Å². The number of hydrogen-bond acceptors (Lipinski definition) is 2. The molecule has 2 nitrogen and oxygen atoms in total. The third kappa shape index (κ3) is 7.29. The average molecular weight is 324 g/mol. The van der Waals surface area contributed by atoms with E-state index in [0.29, 0.717) is 0 Å². The van der Waals surface area contributed by atoms with Gasteiger partial charge in [-0.1, -0.05) is 32.9 Å². The van der Waals surface area contributed by atoms with Crippen molar-refractivity contribution in [2.75, 3.05) is 6.61 Å². The molecule has 0 saturated carbocycles. The molecule has 1 radical (unpaired) electrons. The summed E-state index contributed by atoms with van der Waals surface area (Å²) >= 11 is 0. The predicted molar refractivity (Wildman–Crippen MR) is 96.1 cm³/mol. The smallest absolute Gasteiger partial charge is 0.191 e. The highest BCUT2D eigenvalue weighted by molar-refractivity contribution is 6.77. The highest BCUT2D eigenvalue weighted by atomic mass is 28.4. The molecule has 1 aromatic rings. The maximum Gasteiger partial charge on any atom is 0.191 e. The Balaban J connectivity index is 2.36. The first-order chi connectivity index (χ1) is 9.60. The first-order valence-electron chi connectivity index (χ1n) is 7.83. The lowest BCUT2D eigenvalue weighted by atomic mass is 9.87. The van der Waals surface area contributed by atoms with Gasteiger partial charge in [-0.25, -0.2) is 0 Å². The summed E-state index contributed by atoms with van der Waals surface area (Å²) in [7, 11) is -2.05. The molecule has 0 unspecified atom stereocenters. The third-order valence-corrected chi connectivity index (χ3v) is 8.79. The van der Waals surface area contributed by atoms with Crippen molar-refractivity contribution in [2.24, 2.45) is 0 Å². The van der Waals surface area contributed by atoms with E-state index < -0.39 is 17.4 Å². The Morgan fingerprint density at radius 2 is 1.62 bits per heavy atom. The van der Waals surface area contributed by atoms with Gasteiger partial charge in [0.1, 0.15) is 5.75 Å². The summed E-state index contributed by atoms with van der Waals surface area (Å²) in [6, 6.07) is 9.67. The molecule has 0 aliphatic heterocycles. The minimum atomic E-state index is -1.47. The van der Waals surface area contributed by atoms with Crippen LogP contribution in [0, 0.1) is 0 Å². The highest BCUT2D eigenvalue weighted by Gasteiger charge is 2.23. The Labute approximate surface area is 133 Å². The Hall–Kier alpha value is -0.586. The number of rotatable bonds is 7. The second kappa shape index (κ2) is 7.61. The number of benzene rings is 1.